The van der Waals surface area contributed by atoms with Crippen LogP contribution in [0.15, 0.2) is 11.6 Å². The number of allylic oxidation sites excluding steroid dienone is 1. The van der Waals surface area contributed by atoms with E-state index < -0.39 is 23.0 Å². The molecule has 38 heavy (non-hydrogen) atoms. The molecule has 5 rings (SSSR count). The molecule has 8 heteroatoms. The molecule has 0 aromatic rings. The van der Waals surface area contributed by atoms with Gasteiger partial charge in [0.2, 0.25) is 5.91 Å². The molecule has 2 saturated heterocycles. The number of hydrogen-bond donors (Lipinski definition) is 1. The van der Waals surface area contributed by atoms with Crippen LogP contribution in [0.5, 0.6) is 0 Å². The molecule has 11 atom stereocenters. The minimum Gasteiger partial charge on any atom is -0.445 e. The average Bonchev–Trinajstić information content (AvgIpc) is 3.63. The number of carbonyl (C=O) groups excluding carboxylic acids is 3. The van der Waals surface area contributed by atoms with Crippen LogP contribution in [0.1, 0.15) is 72.6 Å². The van der Waals surface area contributed by atoms with Gasteiger partial charge in [-0.2, -0.15) is 0 Å². The van der Waals surface area contributed by atoms with E-state index >= 15 is 0 Å². The van der Waals surface area contributed by atoms with Crippen LogP contribution in [0, 0.1) is 45.8 Å². The molecule has 1 N–H and O–H groups in total. The fourth-order valence-electron chi connectivity index (χ4n) is 9.58. The number of nitrogens with one attached hydrogen (secondary N) is 1. The number of halogens is 1. The summed E-state index contributed by atoms with van der Waals surface area (Å²) < 4.78 is 12.4. The maximum atomic E-state index is 14.3. The number of Topliss-reactive ketones (excluding diaryl/α,β-unsaturated/α-hetero) is 1. The summed E-state index contributed by atoms with van der Waals surface area (Å²) in [6, 6.07) is 0. The Morgan fingerprint density at radius 3 is 2.53 bits per heavy atom. The summed E-state index contributed by atoms with van der Waals surface area (Å²) in [5, 5.41) is 2.59. The fraction of sp³-hybridized carbons (Fsp3) is 0.833. The molecule has 0 aromatic carbocycles. The van der Waals surface area contributed by atoms with Gasteiger partial charge in [0.25, 0.3) is 0 Å². The average molecular weight is 549 g/mol. The zero-order valence-corrected chi connectivity index (χ0v) is 24.4. The Balaban J connectivity index is 1.49. The molecular formula is C30H45ClN2O5. The molecule has 0 radical (unpaired) electrons. The summed E-state index contributed by atoms with van der Waals surface area (Å²) in [6.07, 6.45) is 6.26. The first-order valence-corrected chi connectivity index (χ1v) is 15.0. The van der Waals surface area contributed by atoms with Gasteiger partial charge in [-0.1, -0.05) is 45.4 Å². The zero-order chi connectivity index (χ0) is 27.5. The number of nitrogens with zero attached hydrogens (tertiary/aromatic N) is 1. The molecule has 5 unspecified atom stereocenters. The molecule has 3 saturated carbocycles. The molecule has 3 aliphatic carbocycles. The normalized spacial score (nSPS) is 48.0. The summed E-state index contributed by atoms with van der Waals surface area (Å²) in [7, 11) is 1.76. The van der Waals surface area contributed by atoms with Crippen molar-refractivity contribution in [2.24, 2.45) is 45.8 Å². The second kappa shape index (κ2) is 10.2. The highest BCUT2D eigenvalue weighted by atomic mass is 35.5. The topological polar surface area (TPSA) is 84.9 Å². The molecule has 212 valence electrons. The SMILES string of the molecule is CO[C@@H]1CCC23CC[C@@H](C)C(C)(C(OC(=O)NC(=O)[C@H]4CN5CC[C@@H]4C5)C[C@@](C)(C/C=C/Cl)C(=O)[C@@H]2C)C13. The van der Waals surface area contributed by atoms with Gasteiger partial charge in [-0.25, -0.2) is 4.79 Å². The maximum Gasteiger partial charge on any atom is 0.414 e. The third-order valence-electron chi connectivity index (χ3n) is 11.9. The number of ketones is 1. The van der Waals surface area contributed by atoms with E-state index in [9.17, 15) is 14.4 Å². The molecule has 2 amide bonds. The Hall–Kier alpha value is -1.44. The highest BCUT2D eigenvalue weighted by molar-refractivity contribution is 6.25. The number of hydrogen-bond acceptors (Lipinski definition) is 6. The molecule has 5 fully saturated rings. The van der Waals surface area contributed by atoms with Crippen molar-refractivity contribution >= 4 is 29.4 Å². The van der Waals surface area contributed by atoms with Crippen molar-refractivity contribution in [1.29, 1.82) is 0 Å². The van der Waals surface area contributed by atoms with Gasteiger partial charge in [-0.15, -0.1) is 0 Å². The number of piperidine rings is 1. The standard InChI is InChI=1S/C30H45ClN2O5/c1-18-7-11-30-12-8-22(37-5)24(30)29(18,4)23(15-28(3,10-6-13-31)25(34)19(30)2)38-27(36)32-26(35)21-17-33-14-9-20(21)16-33/h6,13,18-24H,7-12,14-17H2,1-5H3,(H,32,35,36)/b13-6+/t18-,19+,20-,21+,22-,23?,24?,28-,29?,30?/m1/s1. The van der Waals surface area contributed by atoms with Crippen LogP contribution in [0.2, 0.25) is 0 Å². The third-order valence-corrected chi connectivity index (χ3v) is 12.1. The van der Waals surface area contributed by atoms with E-state index in [1.165, 1.54) is 5.54 Å². The van der Waals surface area contributed by atoms with Gasteiger partial charge < -0.3 is 14.4 Å². The predicted molar refractivity (Wildman–Crippen MR) is 145 cm³/mol. The smallest absolute Gasteiger partial charge is 0.414 e. The quantitative estimate of drug-likeness (QED) is 0.510. The van der Waals surface area contributed by atoms with E-state index in [1.807, 2.05) is 13.0 Å². The van der Waals surface area contributed by atoms with E-state index in [2.05, 4.69) is 31.0 Å². The lowest BCUT2D eigenvalue weighted by atomic mass is 9.43. The predicted octanol–water partition coefficient (Wildman–Crippen LogP) is 5.16. The van der Waals surface area contributed by atoms with Gasteiger partial charge in [0.15, 0.2) is 0 Å². The van der Waals surface area contributed by atoms with Gasteiger partial charge in [0, 0.05) is 48.4 Å². The Morgan fingerprint density at radius 2 is 1.89 bits per heavy atom. The van der Waals surface area contributed by atoms with Crippen molar-refractivity contribution in [3.8, 4) is 0 Å². The minimum atomic E-state index is -0.737. The van der Waals surface area contributed by atoms with Crippen molar-refractivity contribution in [2.75, 3.05) is 26.7 Å². The van der Waals surface area contributed by atoms with Crippen molar-refractivity contribution in [3.63, 3.8) is 0 Å². The van der Waals surface area contributed by atoms with Gasteiger partial charge >= 0.3 is 6.09 Å². The van der Waals surface area contributed by atoms with Gasteiger partial charge in [-0.05, 0) is 68.7 Å². The molecule has 2 heterocycles. The summed E-state index contributed by atoms with van der Waals surface area (Å²) >= 11 is 5.93. The lowest BCUT2D eigenvalue weighted by molar-refractivity contribution is -0.191. The number of amides is 2. The second-order valence-corrected chi connectivity index (χ2v) is 13.8. The van der Waals surface area contributed by atoms with E-state index in [0.717, 1.165) is 45.2 Å². The lowest BCUT2D eigenvalue weighted by Crippen LogP contribution is -2.63. The van der Waals surface area contributed by atoms with Crippen LogP contribution < -0.4 is 5.32 Å². The number of ether oxygens (including phenoxy) is 2. The summed E-state index contributed by atoms with van der Waals surface area (Å²) in [6.45, 7) is 11.3. The number of rotatable bonds is 5. The summed E-state index contributed by atoms with van der Waals surface area (Å²) in [4.78, 5) is 43.0. The monoisotopic (exact) mass is 548 g/mol. The molecule has 5 aliphatic rings. The van der Waals surface area contributed by atoms with Crippen LogP contribution in [0.3, 0.4) is 0 Å². The molecule has 0 aromatic heterocycles. The van der Waals surface area contributed by atoms with Crippen molar-refractivity contribution in [1.82, 2.24) is 10.2 Å². The Bertz CT molecular complexity index is 1000. The summed E-state index contributed by atoms with van der Waals surface area (Å²) in [5.41, 5.74) is 0.127. The largest absolute Gasteiger partial charge is 0.445 e. The first-order chi connectivity index (χ1) is 18.0. The first kappa shape index (κ1) is 28.1. The van der Waals surface area contributed by atoms with Gasteiger partial charge in [-0.3, -0.25) is 14.9 Å². The lowest BCUT2D eigenvalue weighted by Gasteiger charge is -2.61. The van der Waals surface area contributed by atoms with Crippen molar-refractivity contribution in [2.45, 2.75) is 84.8 Å². The Kier molecular flexibility index (Phi) is 7.54. The van der Waals surface area contributed by atoms with E-state index in [0.29, 0.717) is 25.3 Å². The first-order valence-electron chi connectivity index (χ1n) is 14.6. The number of fused-ring (bicyclic) bond motifs is 2. The maximum absolute atomic E-state index is 14.3. The van der Waals surface area contributed by atoms with Crippen LogP contribution in [-0.4, -0.2) is 61.6 Å². The number of imide groups is 1. The number of alkyl carbamates (subject to hydrolysis) is 1. The van der Waals surface area contributed by atoms with Crippen LogP contribution in [0.25, 0.3) is 0 Å². The molecule has 2 aliphatic heterocycles. The third kappa shape index (κ3) is 4.26. The van der Waals surface area contributed by atoms with Gasteiger partial charge in [0.05, 0.1) is 12.0 Å². The van der Waals surface area contributed by atoms with Gasteiger partial charge in [0.1, 0.15) is 11.9 Å². The highest BCUT2D eigenvalue weighted by Crippen LogP contribution is 2.69. The molecular weight excluding hydrogens is 504 g/mol. The molecule has 0 spiro atoms. The second-order valence-electron chi connectivity index (χ2n) is 13.5. The molecule has 7 nitrogen and oxygen atoms in total. The summed E-state index contributed by atoms with van der Waals surface area (Å²) in [5.74, 6) is 0.340. The minimum absolute atomic E-state index is 0.00368. The zero-order valence-electron chi connectivity index (χ0n) is 23.6. The Morgan fingerprint density at radius 1 is 1.16 bits per heavy atom. The highest BCUT2D eigenvalue weighted by Gasteiger charge is 2.68. The van der Waals surface area contributed by atoms with E-state index in [1.54, 1.807) is 7.11 Å². The van der Waals surface area contributed by atoms with Crippen LogP contribution in [0.4, 0.5) is 4.79 Å². The van der Waals surface area contributed by atoms with E-state index in [4.69, 9.17) is 21.1 Å². The van der Waals surface area contributed by atoms with Crippen molar-refractivity contribution in [3.05, 3.63) is 11.6 Å². The van der Waals surface area contributed by atoms with Crippen LogP contribution in [-0.2, 0) is 19.1 Å². The number of carbonyl (C=O) groups is 3. The number of methoxy groups -OCH3 is 1. The molecule has 4 bridgehead atoms. The Labute approximate surface area is 232 Å². The van der Waals surface area contributed by atoms with E-state index in [-0.39, 0.29) is 46.9 Å². The fourth-order valence-corrected chi connectivity index (χ4v) is 9.67. The van der Waals surface area contributed by atoms with Crippen LogP contribution >= 0.6 is 11.6 Å². The van der Waals surface area contributed by atoms with Crippen molar-refractivity contribution < 1.29 is 23.9 Å².